The summed E-state index contributed by atoms with van der Waals surface area (Å²) in [7, 11) is 0. The topological polar surface area (TPSA) is 51.8 Å². The van der Waals surface area contributed by atoms with Gasteiger partial charge in [0.2, 0.25) is 0 Å². The van der Waals surface area contributed by atoms with Gasteiger partial charge >= 0.3 is 0 Å². The lowest BCUT2D eigenvalue weighted by Crippen LogP contribution is -2.00. The van der Waals surface area contributed by atoms with Crippen LogP contribution in [-0.4, -0.2) is 9.97 Å². The maximum atomic E-state index is 5.99. The molecular weight excluding hydrogens is 301 g/mol. The van der Waals surface area contributed by atoms with Gasteiger partial charge < -0.3 is 5.73 Å². The van der Waals surface area contributed by atoms with Gasteiger partial charge in [0, 0.05) is 17.4 Å². The number of nitrogen functional groups attached to an aromatic ring is 1. The van der Waals surface area contributed by atoms with Crippen molar-refractivity contribution in [1.29, 1.82) is 0 Å². The molecule has 0 saturated heterocycles. The summed E-state index contributed by atoms with van der Waals surface area (Å²) in [6.07, 6.45) is 1.81. The molecule has 0 radical (unpaired) electrons. The highest BCUT2D eigenvalue weighted by Crippen LogP contribution is 2.32. The number of hydrogen-bond donors (Lipinski definition) is 1. The highest BCUT2D eigenvalue weighted by Gasteiger charge is 2.06. The van der Waals surface area contributed by atoms with Crippen molar-refractivity contribution in [1.82, 2.24) is 9.97 Å². The summed E-state index contributed by atoms with van der Waals surface area (Å²) in [6.45, 7) is 2.08. The Hall–Kier alpha value is -0.970. The van der Waals surface area contributed by atoms with Crippen molar-refractivity contribution in [3.8, 4) is 0 Å². The summed E-state index contributed by atoms with van der Waals surface area (Å²) < 4.78 is 0. The Morgan fingerprint density at radius 2 is 1.95 bits per heavy atom. The largest absolute Gasteiger partial charge is 0.384 e. The van der Waals surface area contributed by atoms with E-state index >= 15 is 0 Å². The molecule has 2 rings (SSSR count). The van der Waals surface area contributed by atoms with Crippen LogP contribution >= 0.6 is 35.0 Å². The van der Waals surface area contributed by atoms with Gasteiger partial charge in [-0.1, -0.05) is 41.9 Å². The second-order valence-electron chi connectivity index (χ2n) is 3.98. The minimum absolute atomic E-state index is 0.487. The molecule has 0 unspecified atom stereocenters. The van der Waals surface area contributed by atoms with Crippen molar-refractivity contribution in [3.05, 3.63) is 40.1 Å². The van der Waals surface area contributed by atoms with E-state index in [1.807, 2.05) is 12.1 Å². The van der Waals surface area contributed by atoms with Crippen molar-refractivity contribution in [2.75, 3.05) is 5.73 Å². The number of nitrogens with two attached hydrogens (primary N) is 1. The molecule has 3 nitrogen and oxygen atoms in total. The lowest BCUT2D eigenvalue weighted by molar-refractivity contribution is 0.813. The van der Waals surface area contributed by atoms with Crippen LogP contribution in [0.5, 0.6) is 0 Å². The van der Waals surface area contributed by atoms with Crippen LogP contribution in [0.25, 0.3) is 0 Å². The minimum atomic E-state index is 0.487. The van der Waals surface area contributed by atoms with Gasteiger partial charge in [-0.3, -0.25) is 0 Å². The lowest BCUT2D eigenvalue weighted by Gasteiger charge is -2.05. The number of aryl methyl sites for hydroxylation is 1. The van der Waals surface area contributed by atoms with Gasteiger partial charge in [-0.05, 0) is 24.6 Å². The van der Waals surface area contributed by atoms with E-state index in [-0.39, 0.29) is 0 Å². The highest BCUT2D eigenvalue weighted by molar-refractivity contribution is 7.99. The summed E-state index contributed by atoms with van der Waals surface area (Å²) in [5.74, 6) is 1.26. The molecule has 100 valence electrons. The number of halogens is 2. The van der Waals surface area contributed by atoms with Crippen molar-refractivity contribution in [2.24, 2.45) is 0 Å². The van der Waals surface area contributed by atoms with E-state index in [0.717, 1.165) is 28.6 Å². The van der Waals surface area contributed by atoms with Crippen LogP contribution in [0.2, 0.25) is 10.0 Å². The monoisotopic (exact) mass is 313 g/mol. The van der Waals surface area contributed by atoms with E-state index in [1.165, 1.54) is 11.8 Å². The van der Waals surface area contributed by atoms with Gasteiger partial charge in [-0.15, -0.1) is 0 Å². The number of benzene rings is 1. The molecule has 1 aromatic heterocycles. The zero-order chi connectivity index (χ0) is 13.8. The molecule has 19 heavy (non-hydrogen) atoms. The second-order valence-corrected chi connectivity index (χ2v) is 5.88. The fraction of sp³-hybridized carbons (Fsp3) is 0.231. The van der Waals surface area contributed by atoms with Crippen molar-refractivity contribution < 1.29 is 0 Å². The Bertz CT molecular complexity index is 590. The van der Waals surface area contributed by atoms with Gasteiger partial charge in [0.15, 0.2) is 0 Å². The summed E-state index contributed by atoms with van der Waals surface area (Å²) in [5, 5.41) is 1.89. The van der Waals surface area contributed by atoms with Crippen LogP contribution in [0.4, 0.5) is 5.82 Å². The van der Waals surface area contributed by atoms with E-state index in [0.29, 0.717) is 15.9 Å². The van der Waals surface area contributed by atoms with E-state index in [1.54, 1.807) is 12.1 Å². The summed E-state index contributed by atoms with van der Waals surface area (Å²) >= 11 is 13.4. The van der Waals surface area contributed by atoms with Crippen LogP contribution in [0, 0.1) is 0 Å². The third-order valence-electron chi connectivity index (χ3n) is 2.36. The number of rotatable bonds is 4. The SMILES string of the molecule is CCCc1nc(N)cc(Sc2ccc(Cl)c(Cl)c2)n1. The fourth-order valence-electron chi connectivity index (χ4n) is 1.54. The van der Waals surface area contributed by atoms with E-state index in [2.05, 4.69) is 16.9 Å². The zero-order valence-corrected chi connectivity index (χ0v) is 12.7. The van der Waals surface area contributed by atoms with E-state index in [4.69, 9.17) is 28.9 Å². The molecule has 0 aliphatic carbocycles. The molecule has 2 N–H and O–H groups in total. The van der Waals surface area contributed by atoms with Crippen molar-refractivity contribution >= 4 is 40.8 Å². The predicted molar refractivity (Wildman–Crippen MR) is 81.0 cm³/mol. The van der Waals surface area contributed by atoms with Crippen LogP contribution in [0.15, 0.2) is 34.2 Å². The molecule has 0 fully saturated rings. The average Bonchev–Trinajstić information content (AvgIpc) is 2.33. The number of aromatic nitrogens is 2. The molecule has 0 aliphatic heterocycles. The van der Waals surface area contributed by atoms with Gasteiger partial charge in [-0.25, -0.2) is 9.97 Å². The zero-order valence-electron chi connectivity index (χ0n) is 10.4. The smallest absolute Gasteiger partial charge is 0.132 e. The van der Waals surface area contributed by atoms with E-state index in [9.17, 15) is 0 Å². The Balaban J connectivity index is 2.24. The number of hydrogen-bond acceptors (Lipinski definition) is 4. The van der Waals surface area contributed by atoms with Gasteiger partial charge in [-0.2, -0.15) is 0 Å². The lowest BCUT2D eigenvalue weighted by atomic mass is 10.3. The second kappa shape index (κ2) is 6.46. The first-order valence-electron chi connectivity index (χ1n) is 5.85. The Kier molecular flexibility index (Phi) is 4.91. The van der Waals surface area contributed by atoms with Gasteiger partial charge in [0.05, 0.1) is 10.0 Å². The molecule has 0 spiro atoms. The molecule has 0 amide bonds. The van der Waals surface area contributed by atoms with Crippen LogP contribution < -0.4 is 5.73 Å². The summed E-state index contributed by atoms with van der Waals surface area (Å²) in [5.41, 5.74) is 5.79. The maximum absolute atomic E-state index is 5.99. The Morgan fingerprint density at radius 1 is 1.16 bits per heavy atom. The molecule has 6 heteroatoms. The van der Waals surface area contributed by atoms with Crippen LogP contribution in [0.3, 0.4) is 0 Å². The third-order valence-corrected chi connectivity index (χ3v) is 4.00. The minimum Gasteiger partial charge on any atom is -0.384 e. The van der Waals surface area contributed by atoms with Gasteiger partial charge in [0.25, 0.3) is 0 Å². The third kappa shape index (κ3) is 4.00. The first-order chi connectivity index (χ1) is 9.08. The number of anilines is 1. The van der Waals surface area contributed by atoms with Gasteiger partial charge in [0.1, 0.15) is 16.7 Å². The maximum Gasteiger partial charge on any atom is 0.132 e. The Morgan fingerprint density at radius 3 is 2.63 bits per heavy atom. The van der Waals surface area contributed by atoms with Crippen molar-refractivity contribution in [3.63, 3.8) is 0 Å². The fourth-order valence-corrected chi connectivity index (χ4v) is 2.79. The average molecular weight is 314 g/mol. The van der Waals surface area contributed by atoms with E-state index < -0.39 is 0 Å². The first kappa shape index (κ1) is 14.4. The molecule has 0 aliphatic rings. The predicted octanol–water partition coefficient (Wildman–Crippen LogP) is 4.47. The highest BCUT2D eigenvalue weighted by atomic mass is 35.5. The Labute approximate surface area is 126 Å². The molecular formula is C13H13Cl2N3S. The standard InChI is InChI=1S/C13H13Cl2N3S/c1-2-3-12-17-11(16)7-13(18-12)19-8-4-5-9(14)10(15)6-8/h4-7H,2-3H2,1H3,(H2,16,17,18). The molecule has 1 aromatic carbocycles. The molecule has 0 bridgehead atoms. The molecule has 0 saturated carbocycles. The van der Waals surface area contributed by atoms with Crippen molar-refractivity contribution in [2.45, 2.75) is 29.7 Å². The van der Waals surface area contributed by atoms with Crippen LogP contribution in [-0.2, 0) is 6.42 Å². The molecule has 1 heterocycles. The molecule has 2 aromatic rings. The summed E-state index contributed by atoms with van der Waals surface area (Å²) in [6, 6.07) is 7.24. The van der Waals surface area contributed by atoms with Crippen LogP contribution in [0.1, 0.15) is 19.2 Å². The molecule has 0 atom stereocenters. The summed E-state index contributed by atoms with van der Waals surface area (Å²) in [4.78, 5) is 9.64. The quantitative estimate of drug-likeness (QED) is 0.846. The first-order valence-corrected chi connectivity index (χ1v) is 7.42. The normalized spacial score (nSPS) is 10.7. The number of nitrogens with zero attached hydrogens (tertiary/aromatic N) is 2.